The maximum atomic E-state index is 11.9. The van der Waals surface area contributed by atoms with Gasteiger partial charge in [-0.15, -0.1) is 0 Å². The third-order valence-electron chi connectivity index (χ3n) is 3.15. The van der Waals surface area contributed by atoms with Crippen molar-refractivity contribution in [3.05, 3.63) is 0 Å². The summed E-state index contributed by atoms with van der Waals surface area (Å²) in [4.78, 5) is 33.7. The predicted molar refractivity (Wildman–Crippen MR) is 65.8 cm³/mol. The number of Topliss-reactive ketones (excluding diaryl/α,β-unsaturated/α-hetero) is 1. The van der Waals surface area contributed by atoms with Gasteiger partial charge in [-0.05, 0) is 12.8 Å². The molecule has 17 heavy (non-hydrogen) atoms. The summed E-state index contributed by atoms with van der Waals surface area (Å²) in [7, 11) is 0. The molecule has 0 aromatic heterocycles. The first kappa shape index (κ1) is 14.2. The second-order valence-corrected chi connectivity index (χ2v) is 5.66. The Labute approximate surface area is 105 Å². The van der Waals surface area contributed by atoms with Crippen LogP contribution in [0.5, 0.6) is 0 Å². The number of carboxylic acid groups (broad SMARTS) is 1. The van der Waals surface area contributed by atoms with Crippen LogP contribution in [0.4, 0.5) is 0 Å². The SMILES string of the molecule is CC(=O)SCCC(=O)[C@@H]1CCCC[C@@H]1C(=O)O. The van der Waals surface area contributed by atoms with E-state index in [1.54, 1.807) is 0 Å². The van der Waals surface area contributed by atoms with Gasteiger partial charge in [-0.3, -0.25) is 14.4 Å². The fraction of sp³-hybridized carbons (Fsp3) is 0.750. The molecule has 1 N–H and O–H groups in total. The van der Waals surface area contributed by atoms with Gasteiger partial charge in [0.15, 0.2) is 5.12 Å². The van der Waals surface area contributed by atoms with Crippen LogP contribution in [0.1, 0.15) is 39.0 Å². The number of carboxylic acids is 1. The van der Waals surface area contributed by atoms with E-state index in [2.05, 4.69) is 0 Å². The average molecular weight is 258 g/mol. The lowest BCUT2D eigenvalue weighted by Crippen LogP contribution is -2.32. The lowest BCUT2D eigenvalue weighted by atomic mass is 9.76. The van der Waals surface area contributed by atoms with Gasteiger partial charge >= 0.3 is 5.97 Å². The van der Waals surface area contributed by atoms with Crippen LogP contribution in [0.2, 0.25) is 0 Å². The Kier molecular flexibility index (Phi) is 5.68. The number of ketones is 1. The molecule has 0 spiro atoms. The Balaban J connectivity index is 2.47. The van der Waals surface area contributed by atoms with Crippen LogP contribution in [0.25, 0.3) is 0 Å². The summed E-state index contributed by atoms with van der Waals surface area (Å²) in [5, 5.41) is 9.06. The highest BCUT2D eigenvalue weighted by molar-refractivity contribution is 8.13. The molecule has 0 bridgehead atoms. The number of aliphatic carboxylic acids is 1. The molecular weight excluding hydrogens is 240 g/mol. The monoisotopic (exact) mass is 258 g/mol. The maximum Gasteiger partial charge on any atom is 0.307 e. The maximum absolute atomic E-state index is 11.9. The Morgan fingerprint density at radius 3 is 2.29 bits per heavy atom. The van der Waals surface area contributed by atoms with E-state index in [9.17, 15) is 14.4 Å². The van der Waals surface area contributed by atoms with Gasteiger partial charge in [0.05, 0.1) is 5.92 Å². The standard InChI is InChI=1S/C12H18O4S/c1-8(13)17-7-6-11(14)9-4-2-3-5-10(9)12(15)16/h9-10H,2-7H2,1H3,(H,15,16)/t9-,10+/m1/s1. The molecule has 0 heterocycles. The van der Waals surface area contributed by atoms with Gasteiger partial charge in [-0.2, -0.15) is 0 Å². The molecule has 1 fully saturated rings. The van der Waals surface area contributed by atoms with Crippen molar-refractivity contribution in [1.29, 1.82) is 0 Å². The number of carbonyl (C=O) groups excluding carboxylic acids is 2. The van der Waals surface area contributed by atoms with Crippen LogP contribution < -0.4 is 0 Å². The van der Waals surface area contributed by atoms with Gasteiger partial charge in [0.1, 0.15) is 5.78 Å². The van der Waals surface area contributed by atoms with Crippen molar-refractivity contribution >= 4 is 28.6 Å². The first-order valence-electron chi connectivity index (χ1n) is 5.91. The first-order valence-corrected chi connectivity index (χ1v) is 6.90. The van der Waals surface area contributed by atoms with E-state index in [1.807, 2.05) is 0 Å². The van der Waals surface area contributed by atoms with Crippen molar-refractivity contribution in [2.24, 2.45) is 11.8 Å². The summed E-state index contributed by atoms with van der Waals surface area (Å²) in [5.41, 5.74) is 0. The molecule has 1 saturated carbocycles. The minimum absolute atomic E-state index is 0.00349. The van der Waals surface area contributed by atoms with Crippen LogP contribution in [0.3, 0.4) is 0 Å². The number of rotatable bonds is 5. The number of carbonyl (C=O) groups is 3. The van der Waals surface area contributed by atoms with Crippen molar-refractivity contribution in [3.63, 3.8) is 0 Å². The van der Waals surface area contributed by atoms with E-state index in [0.29, 0.717) is 25.0 Å². The molecule has 4 nitrogen and oxygen atoms in total. The van der Waals surface area contributed by atoms with Gasteiger partial charge in [-0.1, -0.05) is 24.6 Å². The fourth-order valence-electron chi connectivity index (χ4n) is 2.29. The van der Waals surface area contributed by atoms with Crippen LogP contribution in [0, 0.1) is 11.8 Å². The largest absolute Gasteiger partial charge is 0.481 e. The third-order valence-corrected chi connectivity index (χ3v) is 3.97. The van der Waals surface area contributed by atoms with E-state index in [1.165, 1.54) is 6.92 Å². The Hall–Kier alpha value is -0.840. The average Bonchev–Trinajstić information content (AvgIpc) is 2.28. The summed E-state index contributed by atoms with van der Waals surface area (Å²) in [5.74, 6) is -1.24. The number of thioether (sulfide) groups is 1. The lowest BCUT2D eigenvalue weighted by Gasteiger charge is -2.27. The zero-order valence-corrected chi connectivity index (χ0v) is 10.8. The quantitative estimate of drug-likeness (QED) is 0.817. The number of hydrogen-bond acceptors (Lipinski definition) is 4. The van der Waals surface area contributed by atoms with Gasteiger partial charge < -0.3 is 5.11 Å². The molecule has 0 amide bonds. The third kappa shape index (κ3) is 4.50. The topological polar surface area (TPSA) is 71.4 Å². The van der Waals surface area contributed by atoms with Crippen molar-refractivity contribution in [2.45, 2.75) is 39.0 Å². The molecule has 2 atom stereocenters. The highest BCUT2D eigenvalue weighted by atomic mass is 32.2. The fourth-order valence-corrected chi connectivity index (χ4v) is 2.88. The van der Waals surface area contributed by atoms with E-state index >= 15 is 0 Å². The van der Waals surface area contributed by atoms with E-state index in [-0.39, 0.29) is 16.8 Å². The van der Waals surface area contributed by atoms with Crippen molar-refractivity contribution < 1.29 is 19.5 Å². The molecule has 0 aliphatic heterocycles. The van der Waals surface area contributed by atoms with Crippen LogP contribution in [-0.2, 0) is 14.4 Å². The smallest absolute Gasteiger partial charge is 0.307 e. The van der Waals surface area contributed by atoms with Crippen LogP contribution in [-0.4, -0.2) is 27.7 Å². The Morgan fingerprint density at radius 1 is 1.18 bits per heavy atom. The summed E-state index contributed by atoms with van der Waals surface area (Å²) in [6.45, 7) is 1.47. The van der Waals surface area contributed by atoms with Crippen molar-refractivity contribution in [3.8, 4) is 0 Å². The molecule has 0 aromatic rings. The first-order chi connectivity index (χ1) is 8.02. The Bertz CT molecular complexity index is 314. The molecule has 0 unspecified atom stereocenters. The van der Waals surface area contributed by atoms with Crippen molar-refractivity contribution in [1.82, 2.24) is 0 Å². The molecule has 0 saturated heterocycles. The van der Waals surface area contributed by atoms with Gasteiger partial charge in [0, 0.05) is 25.0 Å². The molecule has 0 aromatic carbocycles. The summed E-state index contributed by atoms with van der Waals surface area (Å²) in [6, 6.07) is 0. The minimum Gasteiger partial charge on any atom is -0.481 e. The molecule has 0 radical (unpaired) electrons. The van der Waals surface area contributed by atoms with E-state index in [4.69, 9.17) is 5.11 Å². The summed E-state index contributed by atoms with van der Waals surface area (Å²) in [6.07, 6.45) is 3.41. The molecule has 96 valence electrons. The van der Waals surface area contributed by atoms with Gasteiger partial charge in [0.25, 0.3) is 0 Å². The van der Waals surface area contributed by atoms with Gasteiger partial charge in [-0.25, -0.2) is 0 Å². The van der Waals surface area contributed by atoms with E-state index in [0.717, 1.165) is 24.6 Å². The van der Waals surface area contributed by atoms with Crippen LogP contribution >= 0.6 is 11.8 Å². The minimum atomic E-state index is -0.859. The molecular formula is C12H18O4S. The highest BCUT2D eigenvalue weighted by Crippen LogP contribution is 2.31. The lowest BCUT2D eigenvalue weighted by molar-refractivity contribution is -0.148. The number of hydrogen-bond donors (Lipinski definition) is 1. The second-order valence-electron chi connectivity index (χ2n) is 4.39. The Morgan fingerprint density at radius 2 is 1.76 bits per heavy atom. The normalized spacial score (nSPS) is 24.3. The van der Waals surface area contributed by atoms with Crippen molar-refractivity contribution in [2.75, 3.05) is 5.75 Å². The van der Waals surface area contributed by atoms with E-state index < -0.39 is 11.9 Å². The second kappa shape index (κ2) is 6.79. The zero-order chi connectivity index (χ0) is 12.8. The molecule has 1 aliphatic carbocycles. The highest BCUT2D eigenvalue weighted by Gasteiger charge is 2.34. The molecule has 1 aliphatic rings. The zero-order valence-electron chi connectivity index (χ0n) is 9.98. The summed E-state index contributed by atoms with van der Waals surface area (Å²) >= 11 is 1.13. The summed E-state index contributed by atoms with van der Waals surface area (Å²) < 4.78 is 0. The van der Waals surface area contributed by atoms with Crippen LogP contribution in [0.15, 0.2) is 0 Å². The molecule has 5 heteroatoms. The predicted octanol–water partition coefficient (Wildman–Crippen LogP) is 2.12. The van der Waals surface area contributed by atoms with Gasteiger partial charge in [0.2, 0.25) is 0 Å². The molecule has 1 rings (SSSR count).